The highest BCUT2D eigenvalue weighted by molar-refractivity contribution is 5.78. The van der Waals surface area contributed by atoms with Crippen LogP contribution >= 0.6 is 0 Å². The molecule has 0 aliphatic carbocycles. The van der Waals surface area contributed by atoms with Crippen molar-refractivity contribution in [3.05, 3.63) is 35.8 Å². The van der Waals surface area contributed by atoms with Crippen LogP contribution in [0.3, 0.4) is 0 Å². The van der Waals surface area contributed by atoms with Gasteiger partial charge < -0.3 is 9.52 Å². The SMILES string of the molecule is CC(C)(Cc1cc2cc(F)ccc2o1)C(=O)O. The third kappa shape index (κ3) is 2.30. The van der Waals surface area contributed by atoms with Crippen molar-refractivity contribution in [2.45, 2.75) is 20.3 Å². The van der Waals surface area contributed by atoms with Crippen LogP contribution < -0.4 is 0 Å². The van der Waals surface area contributed by atoms with Gasteiger partial charge in [0.25, 0.3) is 0 Å². The third-order valence-electron chi connectivity index (χ3n) is 2.72. The van der Waals surface area contributed by atoms with Crippen molar-refractivity contribution in [1.82, 2.24) is 0 Å². The first-order chi connectivity index (χ1) is 7.88. The molecule has 0 amide bonds. The standard InChI is InChI=1S/C13H13FO3/c1-13(2,12(15)16)7-10-6-8-5-9(14)3-4-11(8)17-10/h3-6H,7H2,1-2H3,(H,15,16). The third-order valence-corrected chi connectivity index (χ3v) is 2.72. The van der Waals surface area contributed by atoms with E-state index in [0.717, 1.165) is 0 Å². The number of benzene rings is 1. The number of fused-ring (bicyclic) bond motifs is 1. The molecule has 0 atom stereocenters. The predicted molar refractivity (Wildman–Crippen MR) is 61.3 cm³/mol. The molecule has 17 heavy (non-hydrogen) atoms. The number of carboxylic acid groups (broad SMARTS) is 1. The average molecular weight is 236 g/mol. The Labute approximate surface area is 97.9 Å². The zero-order valence-corrected chi connectivity index (χ0v) is 9.66. The van der Waals surface area contributed by atoms with E-state index in [0.29, 0.717) is 16.7 Å². The smallest absolute Gasteiger partial charge is 0.309 e. The molecule has 0 saturated heterocycles. The summed E-state index contributed by atoms with van der Waals surface area (Å²) in [4.78, 5) is 11.0. The molecule has 3 nitrogen and oxygen atoms in total. The van der Waals surface area contributed by atoms with Crippen molar-refractivity contribution in [3.8, 4) is 0 Å². The minimum Gasteiger partial charge on any atom is -0.481 e. The minimum atomic E-state index is -0.896. The molecule has 0 bridgehead atoms. The summed E-state index contributed by atoms with van der Waals surface area (Å²) in [5.41, 5.74) is -0.325. The van der Waals surface area contributed by atoms with Crippen LogP contribution in [0.2, 0.25) is 0 Å². The maximum absolute atomic E-state index is 13.0. The van der Waals surface area contributed by atoms with Gasteiger partial charge in [-0.3, -0.25) is 4.79 Å². The summed E-state index contributed by atoms with van der Waals surface area (Å²) < 4.78 is 18.5. The molecule has 0 aliphatic heterocycles. The Morgan fingerprint density at radius 2 is 2.12 bits per heavy atom. The summed E-state index contributed by atoms with van der Waals surface area (Å²) >= 11 is 0. The topological polar surface area (TPSA) is 50.4 Å². The monoisotopic (exact) mass is 236 g/mol. The normalized spacial score (nSPS) is 11.9. The number of furan rings is 1. The quantitative estimate of drug-likeness (QED) is 0.890. The van der Waals surface area contributed by atoms with Crippen LogP contribution in [0.5, 0.6) is 0 Å². The van der Waals surface area contributed by atoms with Gasteiger partial charge in [-0.25, -0.2) is 4.39 Å². The molecule has 1 heterocycles. The van der Waals surface area contributed by atoms with Gasteiger partial charge in [0, 0.05) is 11.8 Å². The van der Waals surface area contributed by atoms with Crippen molar-refractivity contribution in [3.63, 3.8) is 0 Å². The molecule has 0 fully saturated rings. The molecule has 1 aromatic heterocycles. The molecular weight excluding hydrogens is 223 g/mol. The molecule has 0 unspecified atom stereocenters. The summed E-state index contributed by atoms with van der Waals surface area (Å²) in [6.45, 7) is 3.26. The lowest BCUT2D eigenvalue weighted by molar-refractivity contribution is -0.147. The number of aliphatic carboxylic acids is 1. The Morgan fingerprint density at radius 1 is 1.41 bits per heavy atom. The maximum atomic E-state index is 13.0. The molecule has 1 aromatic carbocycles. The molecule has 90 valence electrons. The van der Waals surface area contributed by atoms with Gasteiger partial charge >= 0.3 is 5.97 Å². The number of carboxylic acids is 1. The van der Waals surface area contributed by atoms with Gasteiger partial charge in [0.2, 0.25) is 0 Å². The molecule has 0 radical (unpaired) electrons. The summed E-state index contributed by atoms with van der Waals surface area (Å²) in [5, 5.41) is 9.67. The van der Waals surface area contributed by atoms with Gasteiger partial charge in [0.05, 0.1) is 5.41 Å². The van der Waals surface area contributed by atoms with E-state index in [1.807, 2.05) is 0 Å². The highest BCUT2D eigenvalue weighted by Crippen LogP contribution is 2.27. The Morgan fingerprint density at radius 3 is 2.76 bits per heavy atom. The number of hydrogen-bond donors (Lipinski definition) is 1. The second-order valence-corrected chi connectivity index (χ2v) is 4.76. The highest BCUT2D eigenvalue weighted by atomic mass is 19.1. The molecule has 0 aliphatic rings. The number of hydrogen-bond acceptors (Lipinski definition) is 2. The van der Waals surface area contributed by atoms with E-state index >= 15 is 0 Å². The predicted octanol–water partition coefficient (Wildman–Crippen LogP) is 3.23. The lowest BCUT2D eigenvalue weighted by Gasteiger charge is -2.16. The fourth-order valence-electron chi connectivity index (χ4n) is 1.67. The van der Waals surface area contributed by atoms with Crippen LogP contribution in [0, 0.1) is 11.2 Å². The Kier molecular flexibility index (Phi) is 2.65. The Hall–Kier alpha value is -1.84. The molecule has 1 N–H and O–H groups in total. The van der Waals surface area contributed by atoms with Gasteiger partial charge in [-0.1, -0.05) is 0 Å². The van der Waals surface area contributed by atoms with Crippen LogP contribution in [0.15, 0.2) is 28.7 Å². The van der Waals surface area contributed by atoms with Gasteiger partial charge in [0.15, 0.2) is 0 Å². The van der Waals surface area contributed by atoms with E-state index in [4.69, 9.17) is 9.52 Å². The van der Waals surface area contributed by atoms with E-state index in [-0.39, 0.29) is 12.2 Å². The molecule has 4 heteroatoms. The van der Waals surface area contributed by atoms with E-state index < -0.39 is 11.4 Å². The zero-order valence-electron chi connectivity index (χ0n) is 9.66. The fourth-order valence-corrected chi connectivity index (χ4v) is 1.67. The molecular formula is C13H13FO3. The van der Waals surface area contributed by atoms with E-state index in [9.17, 15) is 9.18 Å². The van der Waals surface area contributed by atoms with Crippen LogP contribution in [-0.2, 0) is 11.2 Å². The van der Waals surface area contributed by atoms with Crippen molar-refractivity contribution in [2.24, 2.45) is 5.41 Å². The maximum Gasteiger partial charge on any atom is 0.309 e. The average Bonchev–Trinajstić information content (AvgIpc) is 2.57. The molecule has 2 aromatic rings. The molecule has 2 rings (SSSR count). The second kappa shape index (κ2) is 3.87. The van der Waals surface area contributed by atoms with Crippen molar-refractivity contribution in [1.29, 1.82) is 0 Å². The Bertz CT molecular complexity index is 569. The van der Waals surface area contributed by atoms with Gasteiger partial charge in [0.1, 0.15) is 17.2 Å². The van der Waals surface area contributed by atoms with Gasteiger partial charge in [-0.15, -0.1) is 0 Å². The van der Waals surface area contributed by atoms with E-state index in [1.165, 1.54) is 12.1 Å². The first-order valence-corrected chi connectivity index (χ1v) is 5.30. The van der Waals surface area contributed by atoms with Crippen LogP contribution in [0.1, 0.15) is 19.6 Å². The van der Waals surface area contributed by atoms with Crippen molar-refractivity contribution < 1.29 is 18.7 Å². The fraction of sp³-hybridized carbons (Fsp3) is 0.308. The molecule has 0 spiro atoms. The number of rotatable bonds is 3. The largest absolute Gasteiger partial charge is 0.481 e. The lowest BCUT2D eigenvalue weighted by Crippen LogP contribution is -2.25. The zero-order chi connectivity index (χ0) is 12.6. The summed E-state index contributed by atoms with van der Waals surface area (Å²) in [5.74, 6) is -0.663. The van der Waals surface area contributed by atoms with E-state index in [2.05, 4.69) is 0 Å². The van der Waals surface area contributed by atoms with Crippen LogP contribution in [0.25, 0.3) is 11.0 Å². The van der Waals surface area contributed by atoms with Crippen molar-refractivity contribution in [2.75, 3.05) is 0 Å². The highest BCUT2D eigenvalue weighted by Gasteiger charge is 2.28. The first-order valence-electron chi connectivity index (χ1n) is 5.30. The Balaban J connectivity index is 2.34. The number of carbonyl (C=O) groups is 1. The van der Waals surface area contributed by atoms with E-state index in [1.54, 1.807) is 26.0 Å². The number of halogens is 1. The van der Waals surface area contributed by atoms with Crippen LogP contribution in [0.4, 0.5) is 4.39 Å². The molecule has 0 saturated carbocycles. The first kappa shape index (κ1) is 11.6. The lowest BCUT2D eigenvalue weighted by atomic mass is 9.88. The minimum absolute atomic E-state index is 0.276. The van der Waals surface area contributed by atoms with Crippen molar-refractivity contribution >= 4 is 16.9 Å². The summed E-state index contributed by atoms with van der Waals surface area (Å²) in [7, 11) is 0. The van der Waals surface area contributed by atoms with Crippen LogP contribution in [-0.4, -0.2) is 11.1 Å². The summed E-state index contributed by atoms with van der Waals surface area (Å²) in [6, 6.07) is 5.92. The van der Waals surface area contributed by atoms with Gasteiger partial charge in [-0.05, 0) is 38.1 Å². The summed E-state index contributed by atoms with van der Waals surface area (Å²) in [6.07, 6.45) is 0.276. The van der Waals surface area contributed by atoms with Gasteiger partial charge in [-0.2, -0.15) is 0 Å². The second-order valence-electron chi connectivity index (χ2n) is 4.76.